The lowest BCUT2D eigenvalue weighted by Gasteiger charge is -2.36. The highest BCUT2D eigenvalue weighted by Crippen LogP contribution is 2.32. The van der Waals surface area contributed by atoms with Gasteiger partial charge in [-0.05, 0) is 98.8 Å². The second-order valence-corrected chi connectivity index (χ2v) is 12.5. The van der Waals surface area contributed by atoms with Crippen LogP contribution in [0.5, 0.6) is 0 Å². The van der Waals surface area contributed by atoms with Crippen molar-refractivity contribution in [2.75, 3.05) is 10.2 Å². The standard InChI is InChI=1S/C17H25NO.C14H21N.2C3H5ClO/c1-3-17(19)18(16-12-8-5-9-13-16)14(2)15-10-6-4-7-11-15;1-12(13-8-4-2-5-9-13)15-14-10-6-3-7-11-14;2*1-2-3(4)5/h5,8-9,12-15H,3-4,6-7,10-11H2,1-2H3;3,6-7,10-13,15H,2,4-5,8-9H2,1H3;2*2H2,1H3. The fourth-order valence-corrected chi connectivity index (χ4v) is 5.74. The van der Waals surface area contributed by atoms with Crippen LogP contribution in [0.1, 0.15) is 118 Å². The van der Waals surface area contributed by atoms with Crippen molar-refractivity contribution in [2.45, 2.75) is 130 Å². The number of amides is 1. The molecule has 2 atom stereocenters. The van der Waals surface area contributed by atoms with E-state index in [-0.39, 0.29) is 16.4 Å². The zero-order valence-electron chi connectivity index (χ0n) is 27.7. The van der Waals surface area contributed by atoms with Crippen molar-refractivity contribution in [3.8, 4) is 0 Å². The Bertz CT molecular complexity index is 1030. The molecule has 246 valence electrons. The predicted molar refractivity (Wildman–Crippen MR) is 189 cm³/mol. The van der Waals surface area contributed by atoms with Crippen LogP contribution in [0.4, 0.5) is 11.4 Å². The van der Waals surface area contributed by atoms with Gasteiger partial charge in [0.15, 0.2) is 0 Å². The third kappa shape index (κ3) is 16.6. The highest BCUT2D eigenvalue weighted by atomic mass is 35.5. The molecule has 0 aliphatic heterocycles. The highest BCUT2D eigenvalue weighted by molar-refractivity contribution is 6.63. The SMILES string of the molecule is CC(Nc1ccccc1)C1CCCCC1.CCC(=O)Cl.CCC(=O)Cl.CCC(=O)N(c1ccccc1)C(C)C1CCCCC1. The van der Waals surface area contributed by atoms with Crippen molar-refractivity contribution in [2.24, 2.45) is 11.8 Å². The summed E-state index contributed by atoms with van der Waals surface area (Å²) in [5.74, 6) is 1.77. The van der Waals surface area contributed by atoms with Gasteiger partial charge in [0.25, 0.3) is 0 Å². The van der Waals surface area contributed by atoms with Crippen molar-refractivity contribution in [3.63, 3.8) is 0 Å². The van der Waals surface area contributed by atoms with Crippen molar-refractivity contribution in [3.05, 3.63) is 60.7 Å². The second-order valence-electron chi connectivity index (χ2n) is 11.7. The quantitative estimate of drug-likeness (QED) is 0.275. The maximum absolute atomic E-state index is 12.3. The van der Waals surface area contributed by atoms with Crippen LogP contribution in [0.2, 0.25) is 0 Å². The summed E-state index contributed by atoms with van der Waals surface area (Å²) >= 11 is 9.65. The number of para-hydroxylation sites is 2. The Morgan fingerprint density at radius 3 is 1.50 bits per heavy atom. The second kappa shape index (κ2) is 23.9. The first kappa shape index (κ1) is 39.7. The molecule has 2 aromatic carbocycles. The summed E-state index contributed by atoms with van der Waals surface area (Å²) < 4.78 is 0. The number of nitrogens with one attached hydrogen (secondary N) is 1. The van der Waals surface area contributed by atoms with Gasteiger partial charge < -0.3 is 10.2 Å². The van der Waals surface area contributed by atoms with E-state index in [1.54, 1.807) is 13.8 Å². The molecule has 2 saturated carbocycles. The number of carbonyl (C=O) groups is 3. The lowest BCUT2D eigenvalue weighted by atomic mass is 9.83. The molecule has 0 spiro atoms. The molecule has 44 heavy (non-hydrogen) atoms. The molecule has 2 aliphatic carbocycles. The van der Waals surface area contributed by atoms with Gasteiger partial charge in [-0.2, -0.15) is 0 Å². The average molecular weight is 648 g/mol. The van der Waals surface area contributed by atoms with E-state index in [0.717, 1.165) is 11.6 Å². The van der Waals surface area contributed by atoms with E-state index in [4.69, 9.17) is 23.2 Å². The molecular weight excluding hydrogens is 591 g/mol. The van der Waals surface area contributed by atoms with Gasteiger partial charge in [-0.1, -0.05) is 95.7 Å². The fraction of sp³-hybridized carbons (Fsp3) is 0.595. The van der Waals surface area contributed by atoms with Crippen LogP contribution in [0, 0.1) is 11.8 Å². The van der Waals surface area contributed by atoms with Gasteiger partial charge in [0.1, 0.15) is 0 Å². The number of nitrogens with zero attached hydrogens (tertiary/aromatic N) is 1. The summed E-state index contributed by atoms with van der Waals surface area (Å²) in [6.07, 6.45) is 15.1. The molecule has 0 saturated heterocycles. The molecule has 2 aliphatic rings. The van der Waals surface area contributed by atoms with Gasteiger partial charge in [-0.3, -0.25) is 14.4 Å². The minimum atomic E-state index is -0.273. The predicted octanol–water partition coefficient (Wildman–Crippen LogP) is 10.8. The molecule has 5 nitrogen and oxygen atoms in total. The molecular formula is C37H56Cl2N2O3. The first-order chi connectivity index (χ1) is 21.1. The van der Waals surface area contributed by atoms with Gasteiger partial charge in [0.05, 0.1) is 0 Å². The Kier molecular flexibility index (Phi) is 21.6. The van der Waals surface area contributed by atoms with Gasteiger partial charge in [-0.15, -0.1) is 0 Å². The van der Waals surface area contributed by atoms with Crippen LogP contribution in [-0.2, 0) is 14.4 Å². The summed E-state index contributed by atoms with van der Waals surface area (Å²) in [6, 6.07) is 21.6. The molecule has 2 aromatic rings. The number of hydrogen-bond donors (Lipinski definition) is 1. The summed E-state index contributed by atoms with van der Waals surface area (Å²) in [5, 5.41) is 3.07. The molecule has 2 unspecified atom stereocenters. The van der Waals surface area contributed by atoms with E-state index in [2.05, 4.69) is 49.5 Å². The van der Waals surface area contributed by atoms with Crippen LogP contribution < -0.4 is 10.2 Å². The zero-order valence-corrected chi connectivity index (χ0v) is 29.2. The van der Waals surface area contributed by atoms with Crippen LogP contribution in [-0.4, -0.2) is 28.5 Å². The third-order valence-electron chi connectivity index (χ3n) is 8.43. The summed E-state index contributed by atoms with van der Waals surface area (Å²) in [7, 11) is 0. The van der Waals surface area contributed by atoms with E-state index < -0.39 is 0 Å². The Labute approximate surface area is 277 Å². The molecule has 0 bridgehead atoms. The fourth-order valence-electron chi connectivity index (χ4n) is 5.74. The number of rotatable bonds is 9. The summed E-state index contributed by atoms with van der Waals surface area (Å²) in [6.45, 7) is 9.93. The van der Waals surface area contributed by atoms with Crippen molar-refractivity contribution >= 4 is 51.0 Å². The number of benzene rings is 2. The van der Waals surface area contributed by atoms with E-state index in [1.807, 2.05) is 42.2 Å². The average Bonchev–Trinajstić information content (AvgIpc) is 3.07. The smallest absolute Gasteiger partial charge is 0.226 e. The maximum atomic E-state index is 12.3. The lowest BCUT2D eigenvalue weighted by molar-refractivity contribution is -0.119. The monoisotopic (exact) mass is 646 g/mol. The molecule has 0 radical (unpaired) electrons. The van der Waals surface area contributed by atoms with Crippen molar-refractivity contribution in [1.82, 2.24) is 0 Å². The maximum Gasteiger partial charge on any atom is 0.226 e. The van der Waals surface area contributed by atoms with Crippen molar-refractivity contribution < 1.29 is 14.4 Å². The largest absolute Gasteiger partial charge is 0.382 e. The Balaban J connectivity index is 0.000000343. The number of carbonyl (C=O) groups excluding carboxylic acids is 3. The molecule has 1 amide bonds. The molecule has 1 N–H and O–H groups in total. The van der Waals surface area contributed by atoms with Crippen molar-refractivity contribution in [1.29, 1.82) is 0 Å². The normalized spacial score (nSPS) is 16.2. The molecule has 7 heteroatoms. The Hall–Kier alpha value is -2.37. The molecule has 0 aromatic heterocycles. The highest BCUT2D eigenvalue weighted by Gasteiger charge is 2.28. The van der Waals surface area contributed by atoms with Crippen LogP contribution in [0.3, 0.4) is 0 Å². The summed E-state index contributed by atoms with van der Waals surface area (Å²) in [4.78, 5) is 33.5. The summed E-state index contributed by atoms with van der Waals surface area (Å²) in [5.41, 5.74) is 2.31. The van der Waals surface area contributed by atoms with E-state index in [0.29, 0.717) is 37.3 Å². The lowest BCUT2D eigenvalue weighted by Crippen LogP contribution is -2.43. The van der Waals surface area contributed by atoms with Gasteiger partial charge >= 0.3 is 0 Å². The zero-order chi connectivity index (χ0) is 32.7. The van der Waals surface area contributed by atoms with Crippen LogP contribution >= 0.6 is 23.2 Å². The molecule has 0 heterocycles. The van der Waals surface area contributed by atoms with E-state index >= 15 is 0 Å². The minimum absolute atomic E-state index is 0.240. The number of halogens is 2. The molecule has 2 fully saturated rings. The van der Waals surface area contributed by atoms with Gasteiger partial charge in [0.2, 0.25) is 16.4 Å². The first-order valence-electron chi connectivity index (χ1n) is 16.7. The van der Waals surface area contributed by atoms with Gasteiger partial charge in [0, 0.05) is 42.7 Å². The molecule has 4 rings (SSSR count). The third-order valence-corrected chi connectivity index (χ3v) is 8.96. The topological polar surface area (TPSA) is 66.5 Å². The minimum Gasteiger partial charge on any atom is -0.382 e. The first-order valence-corrected chi connectivity index (χ1v) is 17.4. The van der Waals surface area contributed by atoms with E-state index in [1.165, 1.54) is 69.9 Å². The van der Waals surface area contributed by atoms with Crippen LogP contribution in [0.25, 0.3) is 0 Å². The Morgan fingerprint density at radius 2 is 1.09 bits per heavy atom. The van der Waals surface area contributed by atoms with Crippen LogP contribution in [0.15, 0.2) is 60.7 Å². The number of hydrogen-bond acceptors (Lipinski definition) is 4. The van der Waals surface area contributed by atoms with Gasteiger partial charge in [-0.25, -0.2) is 0 Å². The van der Waals surface area contributed by atoms with E-state index in [9.17, 15) is 14.4 Å². The Morgan fingerprint density at radius 1 is 0.682 bits per heavy atom. The number of anilines is 2.